The number of rotatable bonds is 4. The lowest BCUT2D eigenvalue weighted by atomic mass is 10.2. The lowest BCUT2D eigenvalue weighted by Gasteiger charge is -2.09. The molecule has 0 unspecified atom stereocenters. The van der Waals surface area contributed by atoms with Crippen molar-refractivity contribution in [1.29, 1.82) is 0 Å². The topological polar surface area (TPSA) is 29.9 Å². The highest BCUT2D eigenvalue weighted by molar-refractivity contribution is 5.48. The van der Waals surface area contributed by atoms with E-state index in [0.29, 0.717) is 18.5 Å². The Morgan fingerprint density at radius 3 is 2.78 bits per heavy atom. The molecule has 0 amide bonds. The van der Waals surface area contributed by atoms with Crippen molar-refractivity contribution in [3.8, 4) is 0 Å². The Morgan fingerprint density at radius 2 is 2.11 bits per heavy atom. The predicted molar refractivity (Wildman–Crippen MR) is 66.5 cm³/mol. The summed E-state index contributed by atoms with van der Waals surface area (Å²) >= 11 is 0. The van der Waals surface area contributed by atoms with E-state index in [1.807, 2.05) is 13.2 Å². The van der Waals surface area contributed by atoms with E-state index < -0.39 is 11.6 Å². The zero-order valence-electron chi connectivity index (χ0n) is 10.4. The molecule has 0 radical (unpaired) electrons. The van der Waals surface area contributed by atoms with E-state index >= 15 is 0 Å². The Bertz CT molecular complexity index is 549. The Labute approximate surface area is 104 Å². The second kappa shape index (κ2) is 5.16. The fourth-order valence-corrected chi connectivity index (χ4v) is 1.75. The maximum atomic E-state index is 13.7. The molecule has 2 aromatic rings. The highest BCUT2D eigenvalue weighted by atomic mass is 19.1. The van der Waals surface area contributed by atoms with Crippen LogP contribution in [0.25, 0.3) is 0 Å². The number of anilines is 1. The molecule has 1 aromatic heterocycles. The van der Waals surface area contributed by atoms with Gasteiger partial charge in [-0.15, -0.1) is 0 Å². The fourth-order valence-electron chi connectivity index (χ4n) is 1.75. The molecule has 0 spiro atoms. The Kier molecular flexibility index (Phi) is 3.60. The first kappa shape index (κ1) is 12.5. The Hall–Kier alpha value is -1.91. The quantitative estimate of drug-likeness (QED) is 0.905. The summed E-state index contributed by atoms with van der Waals surface area (Å²) in [7, 11) is 1.83. The molecule has 0 saturated heterocycles. The van der Waals surface area contributed by atoms with Crippen LogP contribution in [0.5, 0.6) is 0 Å². The molecule has 0 saturated carbocycles. The molecular weight excluding hydrogens is 236 g/mol. The molecule has 0 bridgehead atoms. The molecular formula is C13H15F2N3. The third-order valence-corrected chi connectivity index (χ3v) is 2.76. The zero-order valence-corrected chi connectivity index (χ0v) is 10.4. The molecule has 1 aromatic carbocycles. The smallest absolute Gasteiger partial charge is 0.152 e. The van der Waals surface area contributed by atoms with Crippen LogP contribution in [-0.2, 0) is 13.5 Å². The van der Waals surface area contributed by atoms with Crippen LogP contribution in [0.15, 0.2) is 24.5 Å². The third-order valence-electron chi connectivity index (χ3n) is 2.76. The van der Waals surface area contributed by atoms with Crippen molar-refractivity contribution in [2.75, 3.05) is 11.9 Å². The van der Waals surface area contributed by atoms with Crippen LogP contribution < -0.4 is 5.32 Å². The van der Waals surface area contributed by atoms with E-state index in [2.05, 4.69) is 10.4 Å². The first-order chi connectivity index (χ1) is 8.58. The summed E-state index contributed by atoms with van der Waals surface area (Å²) in [6, 6.07) is 2.70. The van der Waals surface area contributed by atoms with Crippen molar-refractivity contribution >= 4 is 5.69 Å². The summed E-state index contributed by atoms with van der Waals surface area (Å²) in [6.07, 6.45) is 4.29. The molecule has 0 atom stereocenters. The molecule has 3 nitrogen and oxygen atoms in total. The van der Waals surface area contributed by atoms with Gasteiger partial charge in [0.15, 0.2) is 5.82 Å². The van der Waals surface area contributed by atoms with Crippen molar-refractivity contribution in [2.45, 2.75) is 13.3 Å². The number of benzene rings is 1. The minimum absolute atomic E-state index is 0.0566. The Morgan fingerprint density at radius 1 is 1.33 bits per heavy atom. The van der Waals surface area contributed by atoms with Crippen molar-refractivity contribution in [1.82, 2.24) is 9.78 Å². The maximum Gasteiger partial charge on any atom is 0.152 e. The van der Waals surface area contributed by atoms with Crippen LogP contribution >= 0.6 is 0 Å². The van der Waals surface area contributed by atoms with Crippen molar-refractivity contribution in [3.05, 3.63) is 47.3 Å². The van der Waals surface area contributed by atoms with Gasteiger partial charge in [0.1, 0.15) is 11.5 Å². The summed E-state index contributed by atoms with van der Waals surface area (Å²) in [4.78, 5) is 0. The largest absolute Gasteiger partial charge is 0.380 e. The van der Waals surface area contributed by atoms with E-state index in [1.165, 1.54) is 12.1 Å². The summed E-state index contributed by atoms with van der Waals surface area (Å²) in [5, 5.41) is 6.82. The van der Waals surface area contributed by atoms with Gasteiger partial charge in [0.05, 0.1) is 6.20 Å². The van der Waals surface area contributed by atoms with Crippen molar-refractivity contribution in [2.24, 2.45) is 7.05 Å². The maximum absolute atomic E-state index is 13.7. The molecule has 1 N–H and O–H groups in total. The number of nitrogens with zero attached hydrogens (tertiary/aromatic N) is 2. The average molecular weight is 251 g/mol. The van der Waals surface area contributed by atoms with Crippen LogP contribution in [0.4, 0.5) is 14.5 Å². The van der Waals surface area contributed by atoms with Gasteiger partial charge >= 0.3 is 0 Å². The van der Waals surface area contributed by atoms with Gasteiger partial charge in [0.2, 0.25) is 0 Å². The predicted octanol–water partition coefficient (Wildman–Crippen LogP) is 2.66. The third kappa shape index (κ3) is 2.67. The van der Waals surface area contributed by atoms with Gasteiger partial charge in [-0.3, -0.25) is 4.68 Å². The lowest BCUT2D eigenvalue weighted by molar-refractivity contribution is 0.582. The van der Waals surface area contributed by atoms with Crippen LogP contribution in [0.2, 0.25) is 0 Å². The molecule has 96 valence electrons. The molecule has 1 heterocycles. The molecule has 18 heavy (non-hydrogen) atoms. The van der Waals surface area contributed by atoms with Gasteiger partial charge in [-0.2, -0.15) is 5.10 Å². The number of halogens is 2. The summed E-state index contributed by atoms with van der Waals surface area (Å²) in [6.45, 7) is 2.07. The molecule has 0 fully saturated rings. The number of nitrogens with one attached hydrogen (secondary N) is 1. The van der Waals surface area contributed by atoms with Crippen LogP contribution in [0.1, 0.15) is 11.1 Å². The fraction of sp³-hybridized carbons (Fsp3) is 0.308. The second-order valence-corrected chi connectivity index (χ2v) is 4.25. The minimum atomic E-state index is -0.565. The number of aromatic nitrogens is 2. The molecule has 2 rings (SSSR count). The van der Waals surface area contributed by atoms with E-state index in [1.54, 1.807) is 17.8 Å². The minimum Gasteiger partial charge on any atom is -0.380 e. The molecule has 5 heteroatoms. The normalized spacial score (nSPS) is 10.7. The highest BCUT2D eigenvalue weighted by Crippen LogP contribution is 2.21. The SMILES string of the molecule is Cc1ccc(F)c(NCCc2cnn(C)c2)c1F. The zero-order chi connectivity index (χ0) is 13.1. The summed E-state index contributed by atoms with van der Waals surface area (Å²) in [5.74, 6) is -1.09. The first-order valence-electron chi connectivity index (χ1n) is 5.74. The van der Waals surface area contributed by atoms with E-state index in [4.69, 9.17) is 0 Å². The van der Waals surface area contributed by atoms with Crippen molar-refractivity contribution < 1.29 is 8.78 Å². The molecule has 0 aliphatic heterocycles. The van der Waals surface area contributed by atoms with E-state index in [0.717, 1.165) is 5.56 Å². The van der Waals surface area contributed by atoms with Gasteiger partial charge < -0.3 is 5.32 Å². The van der Waals surface area contributed by atoms with E-state index in [9.17, 15) is 8.78 Å². The average Bonchev–Trinajstić information content (AvgIpc) is 2.74. The second-order valence-electron chi connectivity index (χ2n) is 4.25. The first-order valence-corrected chi connectivity index (χ1v) is 5.74. The number of aryl methyl sites for hydroxylation is 2. The summed E-state index contributed by atoms with van der Waals surface area (Å²) < 4.78 is 28.8. The monoisotopic (exact) mass is 251 g/mol. The lowest BCUT2D eigenvalue weighted by Crippen LogP contribution is -2.08. The van der Waals surface area contributed by atoms with Crippen molar-refractivity contribution in [3.63, 3.8) is 0 Å². The highest BCUT2D eigenvalue weighted by Gasteiger charge is 2.10. The number of hydrogen-bond acceptors (Lipinski definition) is 2. The van der Waals surface area contributed by atoms with Crippen LogP contribution in [0, 0.1) is 18.6 Å². The van der Waals surface area contributed by atoms with Gasteiger partial charge in [-0.1, -0.05) is 6.07 Å². The summed E-state index contributed by atoms with van der Waals surface area (Å²) in [5.41, 5.74) is 1.40. The molecule has 0 aliphatic carbocycles. The van der Waals surface area contributed by atoms with Crippen LogP contribution in [-0.4, -0.2) is 16.3 Å². The van der Waals surface area contributed by atoms with Gasteiger partial charge in [-0.05, 0) is 30.5 Å². The standard InChI is InChI=1S/C13H15F2N3/c1-9-3-4-11(14)13(12(9)15)16-6-5-10-7-17-18(2)8-10/h3-4,7-8,16H,5-6H2,1-2H3. The van der Waals surface area contributed by atoms with Crippen LogP contribution in [0.3, 0.4) is 0 Å². The number of hydrogen-bond donors (Lipinski definition) is 1. The van der Waals surface area contributed by atoms with Gasteiger partial charge in [0.25, 0.3) is 0 Å². The van der Waals surface area contributed by atoms with E-state index in [-0.39, 0.29) is 5.69 Å². The molecule has 0 aliphatic rings. The van der Waals surface area contributed by atoms with Gasteiger partial charge in [-0.25, -0.2) is 8.78 Å². The van der Waals surface area contributed by atoms with Gasteiger partial charge in [0, 0.05) is 19.8 Å². The Balaban J connectivity index is 2.00.